The van der Waals surface area contributed by atoms with Gasteiger partial charge in [0.2, 0.25) is 11.2 Å². The number of hydrogen-bond donors (Lipinski definition) is 1. The van der Waals surface area contributed by atoms with E-state index in [-0.39, 0.29) is 23.6 Å². The smallest absolute Gasteiger partial charge is 0.251 e. The molecule has 0 radical (unpaired) electrons. The first-order valence-corrected chi connectivity index (χ1v) is 19.1. The molecule has 10 rings (SSSR count). The molecule has 0 bridgehead atoms. The van der Waals surface area contributed by atoms with E-state index in [1.165, 1.54) is 39.4 Å². The van der Waals surface area contributed by atoms with Gasteiger partial charge in [0.25, 0.3) is 5.91 Å². The quantitative estimate of drug-likeness (QED) is 0.258. The molecular formula is C43H39N7O4. The Morgan fingerprint density at radius 1 is 0.815 bits per heavy atom. The lowest BCUT2D eigenvalue weighted by Crippen LogP contribution is -2.45. The Bertz CT molecular complexity index is 2540. The lowest BCUT2D eigenvalue weighted by molar-refractivity contribution is -0.255. The van der Waals surface area contributed by atoms with Crippen molar-refractivity contribution in [3.05, 3.63) is 121 Å². The second kappa shape index (κ2) is 12.9. The van der Waals surface area contributed by atoms with E-state index < -0.39 is 5.97 Å². The summed E-state index contributed by atoms with van der Waals surface area (Å²) in [5.74, 6) is 0.916. The number of hydrogen-bond acceptors (Lipinski definition) is 9. The number of nitrogens with one attached hydrogen (secondary N) is 1. The maximum Gasteiger partial charge on any atom is 0.251 e. The predicted octanol–water partition coefficient (Wildman–Crippen LogP) is 2.97. The van der Waals surface area contributed by atoms with Crippen molar-refractivity contribution < 1.29 is 19.4 Å². The largest absolute Gasteiger partial charge is 0.545 e. The summed E-state index contributed by atoms with van der Waals surface area (Å²) in [7, 11) is 0. The van der Waals surface area contributed by atoms with E-state index in [9.17, 15) is 14.7 Å². The van der Waals surface area contributed by atoms with Crippen molar-refractivity contribution in [1.29, 1.82) is 0 Å². The number of carboxylic acids is 1. The Hall–Kier alpha value is -5.97. The van der Waals surface area contributed by atoms with Gasteiger partial charge in [-0.25, -0.2) is 4.58 Å². The Morgan fingerprint density at radius 3 is 2.35 bits per heavy atom. The zero-order chi connectivity index (χ0) is 36.5. The number of carbonyl (C=O) groups is 2. The molecule has 0 unspecified atom stereocenters. The predicted molar refractivity (Wildman–Crippen MR) is 200 cm³/mol. The standard InChI is InChI=1S/C43H39N7O4/c1-24-45-47-41(48-46-24)26-12-10-25(11-13-26)23-44-42(51)29-14-15-30(33(22-29)43(52)53)36-34-20-27-6-2-16-49-18-4-8-31(37(27)49)39(34)54-40-32-9-5-19-50-17-3-7-28(38(32)50)21-35(36)40/h10-15,20-22H,2-9,16-19,23H2,1H3,(H-,44,51,52,53). The van der Waals surface area contributed by atoms with Gasteiger partial charge in [0, 0.05) is 82.3 Å². The van der Waals surface area contributed by atoms with Crippen LogP contribution in [0.5, 0.6) is 11.5 Å². The lowest BCUT2D eigenvalue weighted by atomic mass is 9.81. The van der Waals surface area contributed by atoms with E-state index in [1.54, 1.807) is 19.1 Å². The molecule has 0 spiro atoms. The molecule has 5 aromatic rings. The first-order valence-electron chi connectivity index (χ1n) is 19.1. The van der Waals surface area contributed by atoms with Crippen LogP contribution in [0.1, 0.15) is 91.2 Å². The lowest BCUT2D eigenvalue weighted by Gasteiger charge is -2.39. The van der Waals surface area contributed by atoms with Gasteiger partial charge < -0.3 is 24.9 Å². The van der Waals surface area contributed by atoms with Crippen LogP contribution in [0.3, 0.4) is 0 Å². The van der Waals surface area contributed by atoms with Gasteiger partial charge in [-0.1, -0.05) is 30.3 Å². The number of carboxylic acid groups (broad SMARTS) is 1. The van der Waals surface area contributed by atoms with Crippen LogP contribution in [0.25, 0.3) is 17.0 Å². The minimum Gasteiger partial charge on any atom is -0.545 e. The van der Waals surface area contributed by atoms with Crippen LogP contribution in [0.15, 0.2) is 54.6 Å². The summed E-state index contributed by atoms with van der Waals surface area (Å²) in [4.78, 5) is 29.2. The highest BCUT2D eigenvalue weighted by molar-refractivity contribution is 6.02. The van der Waals surface area contributed by atoms with Crippen LogP contribution in [-0.4, -0.2) is 58.5 Å². The molecule has 0 fully saturated rings. The van der Waals surface area contributed by atoms with Gasteiger partial charge in [-0.3, -0.25) is 4.79 Å². The minimum atomic E-state index is -1.32. The van der Waals surface area contributed by atoms with E-state index in [4.69, 9.17) is 4.74 Å². The monoisotopic (exact) mass is 717 g/mol. The van der Waals surface area contributed by atoms with Gasteiger partial charge in [-0.2, -0.15) is 0 Å². The van der Waals surface area contributed by atoms with Crippen LogP contribution in [0.2, 0.25) is 0 Å². The molecule has 6 heterocycles. The fourth-order valence-electron chi connectivity index (χ4n) is 9.33. The first kappa shape index (κ1) is 32.7. The highest BCUT2D eigenvalue weighted by atomic mass is 16.5. The number of aromatic carboxylic acids is 1. The molecule has 11 heteroatoms. The molecule has 0 saturated carbocycles. The maximum atomic E-state index is 13.6. The van der Waals surface area contributed by atoms with E-state index in [0.717, 1.165) is 117 Å². The summed E-state index contributed by atoms with van der Waals surface area (Å²) in [6.45, 7) is 6.15. The molecular weight excluding hydrogens is 679 g/mol. The molecule has 0 saturated heterocycles. The average molecular weight is 718 g/mol. The van der Waals surface area contributed by atoms with Crippen molar-refractivity contribution >= 4 is 23.1 Å². The number of nitrogens with zero attached hydrogens (tertiary/aromatic N) is 6. The molecule has 5 aliphatic heterocycles. The molecule has 54 heavy (non-hydrogen) atoms. The topological polar surface area (TPSA) is 136 Å². The molecule has 11 nitrogen and oxygen atoms in total. The molecule has 5 aliphatic rings. The Labute approximate surface area is 312 Å². The zero-order valence-electron chi connectivity index (χ0n) is 30.2. The van der Waals surface area contributed by atoms with Gasteiger partial charge in [0.1, 0.15) is 24.6 Å². The number of aryl methyl sites for hydroxylation is 3. The Morgan fingerprint density at radius 2 is 1.56 bits per heavy atom. The number of carbonyl (C=O) groups excluding carboxylic acids is 2. The Kier molecular flexibility index (Phi) is 7.78. The summed E-state index contributed by atoms with van der Waals surface area (Å²) in [5.41, 5.74) is 10.5. The van der Waals surface area contributed by atoms with Crippen molar-refractivity contribution in [2.75, 3.05) is 31.1 Å². The highest BCUT2D eigenvalue weighted by Gasteiger charge is 2.36. The third kappa shape index (κ3) is 5.35. The number of fused-ring (bicyclic) bond motifs is 4. The molecule has 1 N–H and O–H groups in total. The SMILES string of the molecule is Cc1nnc(-c2ccc(CNC(=O)c3ccc(C4=c5cc6c7c(c5Oc5c4cc4c8c5CCCN8CCC4)CCC[N+]=7CCC6)c(C(=O)[O-])c3)cc2)nn1. The zero-order valence-corrected chi connectivity index (χ0v) is 30.2. The second-order valence-corrected chi connectivity index (χ2v) is 15.0. The third-order valence-corrected chi connectivity index (χ3v) is 11.7. The van der Waals surface area contributed by atoms with Gasteiger partial charge >= 0.3 is 0 Å². The average Bonchev–Trinajstić information content (AvgIpc) is 3.20. The van der Waals surface area contributed by atoms with E-state index in [1.807, 2.05) is 24.3 Å². The van der Waals surface area contributed by atoms with Crippen molar-refractivity contribution in [1.82, 2.24) is 30.3 Å². The summed E-state index contributed by atoms with van der Waals surface area (Å²) >= 11 is 0. The van der Waals surface area contributed by atoms with Crippen molar-refractivity contribution in [2.24, 2.45) is 0 Å². The number of aromatic nitrogens is 4. The highest BCUT2D eigenvalue weighted by Crippen LogP contribution is 2.48. The van der Waals surface area contributed by atoms with Crippen LogP contribution >= 0.6 is 0 Å². The van der Waals surface area contributed by atoms with Gasteiger partial charge in [-0.05, 0) is 86.4 Å². The van der Waals surface area contributed by atoms with E-state index >= 15 is 0 Å². The number of rotatable bonds is 6. The summed E-state index contributed by atoms with van der Waals surface area (Å²) in [6, 6.07) is 17.0. The second-order valence-electron chi connectivity index (χ2n) is 15.0. The summed E-state index contributed by atoms with van der Waals surface area (Å²) in [6.07, 6.45) is 8.04. The molecule has 1 aromatic heterocycles. The van der Waals surface area contributed by atoms with Crippen LogP contribution in [0.4, 0.5) is 5.69 Å². The fraction of sp³-hybridized carbons (Fsp3) is 0.326. The molecule has 0 atom stereocenters. The Balaban J connectivity index is 1.07. The summed E-state index contributed by atoms with van der Waals surface area (Å²) in [5, 5.41) is 34.4. The van der Waals surface area contributed by atoms with Gasteiger partial charge in [0.05, 0.1) is 11.5 Å². The van der Waals surface area contributed by atoms with Crippen molar-refractivity contribution in [3.8, 4) is 22.9 Å². The van der Waals surface area contributed by atoms with Crippen LogP contribution in [-0.2, 0) is 32.2 Å². The van der Waals surface area contributed by atoms with Gasteiger partial charge in [0.15, 0.2) is 5.82 Å². The minimum absolute atomic E-state index is 0.0119. The molecule has 1 amide bonds. The fourth-order valence-corrected chi connectivity index (χ4v) is 9.33. The maximum absolute atomic E-state index is 13.6. The normalized spacial score (nSPS) is 16.4. The molecule has 0 aliphatic carbocycles. The number of anilines is 1. The van der Waals surface area contributed by atoms with Crippen LogP contribution in [0, 0.1) is 6.92 Å². The molecule has 4 aromatic carbocycles. The third-order valence-electron chi connectivity index (χ3n) is 11.7. The van der Waals surface area contributed by atoms with E-state index in [2.05, 4.69) is 47.3 Å². The molecule has 270 valence electrons. The van der Waals surface area contributed by atoms with Crippen molar-refractivity contribution in [3.63, 3.8) is 0 Å². The first-order chi connectivity index (χ1) is 26.4. The van der Waals surface area contributed by atoms with Gasteiger partial charge in [-0.15, -0.1) is 20.4 Å². The van der Waals surface area contributed by atoms with E-state index in [0.29, 0.717) is 17.2 Å². The summed E-state index contributed by atoms with van der Waals surface area (Å²) < 4.78 is 9.64. The number of ether oxygens (including phenoxy) is 1. The van der Waals surface area contributed by atoms with Crippen LogP contribution < -0.4 is 35.2 Å². The van der Waals surface area contributed by atoms with Crippen molar-refractivity contribution in [2.45, 2.75) is 64.8 Å². The number of amides is 1. The number of benzene rings is 4.